The van der Waals surface area contributed by atoms with E-state index in [0.717, 1.165) is 5.56 Å². The van der Waals surface area contributed by atoms with Crippen LogP contribution in [0, 0.1) is 6.92 Å². The number of aromatic nitrogens is 2. The molecular weight excluding hydrogens is 204 g/mol. The Morgan fingerprint density at radius 3 is 2.88 bits per heavy atom. The van der Waals surface area contributed by atoms with Crippen LogP contribution in [0.2, 0.25) is 0 Å². The number of amides is 1. The van der Waals surface area contributed by atoms with E-state index in [1.165, 1.54) is 0 Å². The van der Waals surface area contributed by atoms with Gasteiger partial charge >= 0.3 is 0 Å². The Bertz CT molecular complexity index is 505. The normalized spacial score (nSPS) is 10.1. The number of rotatable bonds is 2. The van der Waals surface area contributed by atoms with Crippen LogP contribution in [0.15, 0.2) is 30.5 Å². The molecule has 82 valence electrons. The summed E-state index contributed by atoms with van der Waals surface area (Å²) in [5.74, 6) is 0.381. The first-order valence-corrected chi connectivity index (χ1v) is 4.83. The molecule has 0 aliphatic carbocycles. The fourth-order valence-corrected chi connectivity index (χ4v) is 1.34. The van der Waals surface area contributed by atoms with Gasteiger partial charge in [0.05, 0.1) is 6.20 Å². The molecule has 1 heterocycles. The molecule has 0 fully saturated rings. The van der Waals surface area contributed by atoms with E-state index in [4.69, 9.17) is 5.73 Å². The average Bonchev–Trinajstić information content (AvgIpc) is 2.74. The van der Waals surface area contributed by atoms with E-state index in [2.05, 4.69) is 15.5 Å². The number of aromatic amines is 1. The topological polar surface area (TPSA) is 83.8 Å². The van der Waals surface area contributed by atoms with E-state index in [0.29, 0.717) is 17.1 Å². The van der Waals surface area contributed by atoms with Crippen LogP contribution in [0.1, 0.15) is 15.9 Å². The number of H-pyrrole nitrogens is 1. The number of anilines is 2. The van der Waals surface area contributed by atoms with Gasteiger partial charge in [0.25, 0.3) is 5.91 Å². The zero-order chi connectivity index (χ0) is 11.5. The minimum atomic E-state index is -0.188. The highest BCUT2D eigenvalue weighted by atomic mass is 16.1. The monoisotopic (exact) mass is 216 g/mol. The van der Waals surface area contributed by atoms with Crippen molar-refractivity contribution in [2.24, 2.45) is 0 Å². The van der Waals surface area contributed by atoms with Gasteiger partial charge in [-0.2, -0.15) is 5.10 Å². The SMILES string of the molecule is Cc1cc(C(=O)Nc2ccn[nH]2)ccc1N. The number of nitrogen functional groups attached to an aromatic ring is 1. The second-order valence-corrected chi connectivity index (χ2v) is 3.50. The summed E-state index contributed by atoms with van der Waals surface area (Å²) in [5, 5.41) is 9.09. The highest BCUT2D eigenvalue weighted by Gasteiger charge is 2.07. The van der Waals surface area contributed by atoms with Crippen molar-refractivity contribution in [2.45, 2.75) is 6.92 Å². The summed E-state index contributed by atoms with van der Waals surface area (Å²) in [4.78, 5) is 11.8. The number of nitrogens with two attached hydrogens (primary N) is 1. The zero-order valence-electron chi connectivity index (χ0n) is 8.82. The second kappa shape index (κ2) is 4.06. The highest BCUT2D eigenvalue weighted by Crippen LogP contribution is 2.13. The number of carbonyl (C=O) groups excluding carboxylic acids is 1. The maximum Gasteiger partial charge on any atom is 0.256 e. The Labute approximate surface area is 92.7 Å². The first-order valence-electron chi connectivity index (χ1n) is 4.83. The van der Waals surface area contributed by atoms with E-state index in [1.54, 1.807) is 30.5 Å². The molecule has 0 bridgehead atoms. The molecule has 0 aliphatic rings. The Morgan fingerprint density at radius 1 is 1.44 bits per heavy atom. The number of nitrogens with one attached hydrogen (secondary N) is 2. The Morgan fingerprint density at radius 2 is 2.25 bits per heavy atom. The molecule has 0 aliphatic heterocycles. The molecule has 0 spiro atoms. The fraction of sp³-hybridized carbons (Fsp3) is 0.0909. The molecule has 1 amide bonds. The molecule has 16 heavy (non-hydrogen) atoms. The summed E-state index contributed by atoms with van der Waals surface area (Å²) in [6, 6.07) is 6.84. The average molecular weight is 216 g/mol. The Hall–Kier alpha value is -2.30. The smallest absolute Gasteiger partial charge is 0.256 e. The molecular formula is C11H12N4O. The third-order valence-electron chi connectivity index (χ3n) is 2.28. The van der Waals surface area contributed by atoms with Gasteiger partial charge in [0.2, 0.25) is 0 Å². The molecule has 2 aromatic rings. The van der Waals surface area contributed by atoms with Gasteiger partial charge in [0.15, 0.2) is 0 Å². The van der Waals surface area contributed by atoms with Crippen LogP contribution >= 0.6 is 0 Å². The van der Waals surface area contributed by atoms with Gasteiger partial charge in [-0.1, -0.05) is 0 Å². The third-order valence-corrected chi connectivity index (χ3v) is 2.28. The molecule has 2 rings (SSSR count). The number of nitrogens with zero attached hydrogens (tertiary/aromatic N) is 1. The number of hydrogen-bond acceptors (Lipinski definition) is 3. The lowest BCUT2D eigenvalue weighted by molar-refractivity contribution is 0.102. The van der Waals surface area contributed by atoms with Crippen molar-refractivity contribution in [3.63, 3.8) is 0 Å². The van der Waals surface area contributed by atoms with E-state index < -0.39 is 0 Å². The van der Waals surface area contributed by atoms with Crippen molar-refractivity contribution in [3.8, 4) is 0 Å². The summed E-state index contributed by atoms with van der Waals surface area (Å²) in [7, 11) is 0. The number of carbonyl (C=O) groups is 1. The van der Waals surface area contributed by atoms with E-state index in [9.17, 15) is 4.79 Å². The van der Waals surface area contributed by atoms with Crippen molar-refractivity contribution >= 4 is 17.4 Å². The molecule has 0 radical (unpaired) electrons. The second-order valence-electron chi connectivity index (χ2n) is 3.50. The lowest BCUT2D eigenvalue weighted by Gasteiger charge is -2.05. The van der Waals surface area contributed by atoms with Crippen molar-refractivity contribution in [1.82, 2.24) is 10.2 Å². The van der Waals surface area contributed by atoms with Gasteiger partial charge in [-0.05, 0) is 30.7 Å². The van der Waals surface area contributed by atoms with Crippen molar-refractivity contribution < 1.29 is 4.79 Å². The molecule has 5 nitrogen and oxygen atoms in total. The standard InChI is InChI=1S/C11H12N4O/c1-7-6-8(2-3-9(7)12)11(16)14-10-4-5-13-15-10/h2-6H,12H2,1H3,(H2,13,14,15,16). The van der Waals surface area contributed by atoms with Gasteiger partial charge in [-0.15, -0.1) is 0 Å². The zero-order valence-corrected chi connectivity index (χ0v) is 8.82. The van der Waals surface area contributed by atoms with Crippen molar-refractivity contribution in [2.75, 3.05) is 11.1 Å². The number of aryl methyl sites for hydroxylation is 1. The summed E-state index contributed by atoms with van der Waals surface area (Å²) in [5.41, 5.74) is 7.81. The largest absolute Gasteiger partial charge is 0.399 e. The first-order chi connectivity index (χ1) is 7.66. The lowest BCUT2D eigenvalue weighted by atomic mass is 10.1. The van der Waals surface area contributed by atoms with Crippen LogP contribution < -0.4 is 11.1 Å². The van der Waals surface area contributed by atoms with Crippen LogP contribution in [0.25, 0.3) is 0 Å². The van der Waals surface area contributed by atoms with Gasteiger partial charge in [-0.3, -0.25) is 9.89 Å². The predicted octanol–water partition coefficient (Wildman–Crippen LogP) is 1.55. The van der Waals surface area contributed by atoms with Gasteiger partial charge < -0.3 is 11.1 Å². The van der Waals surface area contributed by atoms with Gasteiger partial charge in [0.1, 0.15) is 5.82 Å². The minimum absolute atomic E-state index is 0.188. The molecule has 1 aromatic heterocycles. The molecule has 0 saturated carbocycles. The number of benzene rings is 1. The van der Waals surface area contributed by atoms with E-state index in [1.807, 2.05) is 6.92 Å². The first kappa shape index (κ1) is 10.2. The third kappa shape index (κ3) is 2.03. The van der Waals surface area contributed by atoms with Gasteiger partial charge in [-0.25, -0.2) is 0 Å². The van der Waals surface area contributed by atoms with Crippen molar-refractivity contribution in [3.05, 3.63) is 41.6 Å². The van der Waals surface area contributed by atoms with Crippen molar-refractivity contribution in [1.29, 1.82) is 0 Å². The number of hydrogen-bond donors (Lipinski definition) is 3. The highest BCUT2D eigenvalue weighted by molar-refractivity contribution is 6.04. The lowest BCUT2D eigenvalue weighted by Crippen LogP contribution is -2.12. The maximum absolute atomic E-state index is 11.8. The molecule has 0 atom stereocenters. The van der Waals surface area contributed by atoms with Gasteiger partial charge in [0, 0.05) is 17.3 Å². The van der Waals surface area contributed by atoms with Crippen LogP contribution in [-0.4, -0.2) is 16.1 Å². The van der Waals surface area contributed by atoms with Crippen LogP contribution in [0.5, 0.6) is 0 Å². The van der Waals surface area contributed by atoms with E-state index in [-0.39, 0.29) is 5.91 Å². The molecule has 1 aromatic carbocycles. The van der Waals surface area contributed by atoms with E-state index >= 15 is 0 Å². The maximum atomic E-state index is 11.8. The molecule has 0 unspecified atom stereocenters. The summed E-state index contributed by atoms with van der Waals surface area (Å²) in [6.07, 6.45) is 1.57. The quantitative estimate of drug-likeness (QED) is 0.666. The summed E-state index contributed by atoms with van der Waals surface area (Å²) < 4.78 is 0. The molecule has 0 saturated heterocycles. The minimum Gasteiger partial charge on any atom is -0.399 e. The Kier molecular flexibility index (Phi) is 2.59. The summed E-state index contributed by atoms with van der Waals surface area (Å²) >= 11 is 0. The fourth-order valence-electron chi connectivity index (χ4n) is 1.34. The molecule has 5 heteroatoms. The van der Waals surface area contributed by atoms with Crippen LogP contribution in [0.3, 0.4) is 0 Å². The predicted molar refractivity (Wildman–Crippen MR) is 62.1 cm³/mol. The Balaban J connectivity index is 2.18. The van der Waals surface area contributed by atoms with Crippen LogP contribution in [0.4, 0.5) is 11.5 Å². The van der Waals surface area contributed by atoms with Crippen LogP contribution in [-0.2, 0) is 0 Å². The molecule has 4 N–H and O–H groups in total. The summed E-state index contributed by atoms with van der Waals surface area (Å²) in [6.45, 7) is 1.86.